The van der Waals surface area contributed by atoms with E-state index in [1.807, 2.05) is 6.07 Å². The van der Waals surface area contributed by atoms with Crippen molar-refractivity contribution in [2.45, 2.75) is 25.8 Å². The summed E-state index contributed by atoms with van der Waals surface area (Å²) in [6, 6.07) is 5.24. The van der Waals surface area contributed by atoms with Crippen molar-refractivity contribution in [3.63, 3.8) is 0 Å². The van der Waals surface area contributed by atoms with Gasteiger partial charge in [0.15, 0.2) is 0 Å². The average Bonchev–Trinajstić information content (AvgIpc) is 2.26. The van der Waals surface area contributed by atoms with Crippen LogP contribution in [0.3, 0.4) is 0 Å². The lowest BCUT2D eigenvalue weighted by Crippen LogP contribution is -2.29. The second-order valence-corrected chi connectivity index (χ2v) is 5.96. The summed E-state index contributed by atoms with van der Waals surface area (Å²) in [5, 5.41) is 8.91. The van der Waals surface area contributed by atoms with Gasteiger partial charge in [-0.1, -0.05) is 28.4 Å². The highest BCUT2D eigenvalue weighted by Gasteiger charge is 2.19. The number of rotatable bonds is 5. The minimum atomic E-state index is -0.884. The Bertz CT molecular complexity index is 443. The van der Waals surface area contributed by atoms with Crippen LogP contribution in [0, 0.1) is 5.92 Å². The molecule has 0 unspecified atom stereocenters. The normalized spacial score (nSPS) is 15.7. The maximum atomic E-state index is 10.8. The van der Waals surface area contributed by atoms with Gasteiger partial charge in [-0.3, -0.25) is 0 Å². The molecule has 18 heavy (non-hydrogen) atoms. The summed E-state index contributed by atoms with van der Waals surface area (Å²) in [6.45, 7) is 1.99. The number of carbonyl (C=O) groups is 1. The maximum absolute atomic E-state index is 10.8. The first-order valence-corrected chi connectivity index (χ1v) is 7.06. The van der Waals surface area contributed by atoms with Gasteiger partial charge in [-0.2, -0.15) is 0 Å². The number of halogens is 1. The molecule has 0 radical (unpaired) electrons. The molecule has 4 heteroatoms. The average molecular weight is 312 g/mol. The Balaban J connectivity index is 1.97. The highest BCUT2D eigenvalue weighted by Crippen LogP contribution is 2.27. The molecule has 1 saturated carbocycles. The SMILES string of the molecule is CN(Cc1ccc(C(=O)O)cc1Br)CC1CCC1. The molecule has 0 amide bonds. The van der Waals surface area contributed by atoms with Gasteiger partial charge in [0.1, 0.15) is 0 Å². The predicted molar refractivity (Wildman–Crippen MR) is 74.8 cm³/mol. The van der Waals surface area contributed by atoms with E-state index in [1.54, 1.807) is 12.1 Å². The first-order valence-electron chi connectivity index (χ1n) is 6.26. The summed E-state index contributed by atoms with van der Waals surface area (Å²) in [4.78, 5) is 13.2. The molecule has 1 aliphatic rings. The fourth-order valence-electron chi connectivity index (χ4n) is 2.28. The van der Waals surface area contributed by atoms with Gasteiger partial charge in [-0.25, -0.2) is 4.79 Å². The quantitative estimate of drug-likeness (QED) is 0.906. The largest absolute Gasteiger partial charge is 0.478 e. The Hall–Kier alpha value is -0.870. The predicted octanol–water partition coefficient (Wildman–Crippen LogP) is 3.38. The van der Waals surface area contributed by atoms with Crippen LogP contribution in [0.5, 0.6) is 0 Å². The number of carboxylic acids is 1. The van der Waals surface area contributed by atoms with E-state index in [9.17, 15) is 4.79 Å². The zero-order chi connectivity index (χ0) is 13.1. The van der Waals surface area contributed by atoms with Gasteiger partial charge in [0.25, 0.3) is 0 Å². The Labute approximate surface area is 116 Å². The van der Waals surface area contributed by atoms with Gasteiger partial charge in [-0.05, 0) is 43.5 Å². The standard InChI is InChI=1S/C14H18BrNO2/c1-16(8-10-3-2-4-10)9-12-6-5-11(14(17)18)7-13(12)15/h5-7,10H,2-4,8-9H2,1H3,(H,17,18). The third kappa shape index (κ3) is 3.33. The number of benzene rings is 1. The molecule has 0 heterocycles. The van der Waals surface area contributed by atoms with Gasteiger partial charge >= 0.3 is 5.97 Å². The fourth-order valence-corrected chi connectivity index (χ4v) is 2.78. The lowest BCUT2D eigenvalue weighted by Gasteiger charge is -2.30. The lowest BCUT2D eigenvalue weighted by atomic mass is 9.85. The molecule has 0 saturated heterocycles. The van der Waals surface area contributed by atoms with Crippen molar-refractivity contribution in [3.8, 4) is 0 Å². The second kappa shape index (κ2) is 5.85. The molecule has 0 aliphatic heterocycles. The van der Waals surface area contributed by atoms with E-state index in [4.69, 9.17) is 5.11 Å². The smallest absolute Gasteiger partial charge is 0.335 e. The minimum Gasteiger partial charge on any atom is -0.478 e. The topological polar surface area (TPSA) is 40.5 Å². The van der Waals surface area contributed by atoms with Crippen LogP contribution in [0.15, 0.2) is 22.7 Å². The molecule has 1 N–H and O–H groups in total. The molecule has 1 aliphatic carbocycles. The first kappa shape index (κ1) is 13.6. The zero-order valence-corrected chi connectivity index (χ0v) is 12.1. The van der Waals surface area contributed by atoms with Gasteiger partial charge in [0, 0.05) is 17.6 Å². The van der Waals surface area contributed by atoms with E-state index in [1.165, 1.54) is 19.3 Å². The molecule has 0 spiro atoms. The number of aromatic carboxylic acids is 1. The molecule has 1 fully saturated rings. The Kier molecular flexibility index (Phi) is 4.40. The van der Waals surface area contributed by atoms with E-state index in [2.05, 4.69) is 27.9 Å². The summed E-state index contributed by atoms with van der Waals surface area (Å²) in [7, 11) is 2.12. The van der Waals surface area contributed by atoms with E-state index in [0.717, 1.165) is 29.0 Å². The van der Waals surface area contributed by atoms with Crippen LogP contribution in [0.4, 0.5) is 0 Å². The number of nitrogens with zero attached hydrogens (tertiary/aromatic N) is 1. The molecule has 2 rings (SSSR count). The van der Waals surface area contributed by atoms with Crippen LogP contribution in [-0.2, 0) is 6.54 Å². The molecule has 0 atom stereocenters. The van der Waals surface area contributed by atoms with Crippen molar-refractivity contribution in [2.75, 3.05) is 13.6 Å². The third-order valence-electron chi connectivity index (χ3n) is 3.53. The molecule has 98 valence electrons. The van der Waals surface area contributed by atoms with E-state index >= 15 is 0 Å². The molecule has 1 aromatic carbocycles. The minimum absolute atomic E-state index is 0.326. The van der Waals surface area contributed by atoms with Gasteiger partial charge in [-0.15, -0.1) is 0 Å². The van der Waals surface area contributed by atoms with Crippen molar-refractivity contribution in [1.82, 2.24) is 4.90 Å². The second-order valence-electron chi connectivity index (χ2n) is 5.11. The van der Waals surface area contributed by atoms with Gasteiger partial charge in [0.2, 0.25) is 0 Å². The Morgan fingerprint density at radius 3 is 2.72 bits per heavy atom. The van der Waals surface area contributed by atoms with Crippen LogP contribution in [-0.4, -0.2) is 29.6 Å². The molecular weight excluding hydrogens is 294 g/mol. The van der Waals surface area contributed by atoms with Crippen molar-refractivity contribution >= 4 is 21.9 Å². The zero-order valence-electron chi connectivity index (χ0n) is 10.5. The third-order valence-corrected chi connectivity index (χ3v) is 4.27. The first-order chi connectivity index (χ1) is 8.56. The summed E-state index contributed by atoms with van der Waals surface area (Å²) < 4.78 is 0.878. The van der Waals surface area contributed by atoms with E-state index in [-0.39, 0.29) is 0 Å². The van der Waals surface area contributed by atoms with Crippen LogP contribution >= 0.6 is 15.9 Å². The van der Waals surface area contributed by atoms with Gasteiger partial charge in [0.05, 0.1) is 5.56 Å². The fraction of sp³-hybridized carbons (Fsp3) is 0.500. The highest BCUT2D eigenvalue weighted by atomic mass is 79.9. The molecular formula is C14H18BrNO2. The molecule has 0 aromatic heterocycles. The summed E-state index contributed by atoms with van der Waals surface area (Å²) in [5.41, 5.74) is 1.47. The maximum Gasteiger partial charge on any atom is 0.335 e. The van der Waals surface area contributed by atoms with Crippen molar-refractivity contribution < 1.29 is 9.90 Å². The molecule has 1 aromatic rings. The van der Waals surface area contributed by atoms with E-state index < -0.39 is 5.97 Å². The van der Waals surface area contributed by atoms with E-state index in [0.29, 0.717) is 5.56 Å². The summed E-state index contributed by atoms with van der Waals surface area (Å²) in [5.74, 6) is -0.0304. The number of hydrogen-bond acceptors (Lipinski definition) is 2. The van der Waals surface area contributed by atoms with Crippen LogP contribution in [0.2, 0.25) is 0 Å². The Morgan fingerprint density at radius 2 is 2.22 bits per heavy atom. The molecule has 0 bridgehead atoms. The van der Waals surface area contributed by atoms with Crippen LogP contribution in [0.1, 0.15) is 35.2 Å². The van der Waals surface area contributed by atoms with Crippen LogP contribution in [0.25, 0.3) is 0 Å². The Morgan fingerprint density at radius 1 is 1.50 bits per heavy atom. The summed E-state index contributed by atoms with van der Waals surface area (Å²) >= 11 is 3.45. The van der Waals surface area contributed by atoms with Crippen molar-refractivity contribution in [2.24, 2.45) is 5.92 Å². The lowest BCUT2D eigenvalue weighted by molar-refractivity contribution is 0.0697. The summed E-state index contributed by atoms with van der Waals surface area (Å²) in [6.07, 6.45) is 4.07. The monoisotopic (exact) mass is 311 g/mol. The number of hydrogen-bond donors (Lipinski definition) is 1. The van der Waals surface area contributed by atoms with Crippen LogP contribution < -0.4 is 0 Å². The molecule has 3 nitrogen and oxygen atoms in total. The van der Waals surface area contributed by atoms with Crippen molar-refractivity contribution in [3.05, 3.63) is 33.8 Å². The highest BCUT2D eigenvalue weighted by molar-refractivity contribution is 9.10. The number of carboxylic acid groups (broad SMARTS) is 1. The van der Waals surface area contributed by atoms with Crippen molar-refractivity contribution in [1.29, 1.82) is 0 Å². The van der Waals surface area contributed by atoms with Gasteiger partial charge < -0.3 is 10.0 Å².